The lowest BCUT2D eigenvalue weighted by Gasteiger charge is -2.12. The lowest BCUT2D eigenvalue weighted by atomic mass is 10.2. The number of halogens is 2. The Morgan fingerprint density at radius 3 is 3.06 bits per heavy atom. The molecule has 0 spiro atoms. The number of benzene rings is 1. The van der Waals surface area contributed by atoms with Crippen molar-refractivity contribution in [3.63, 3.8) is 0 Å². The molecule has 0 aliphatic carbocycles. The first-order valence-corrected chi connectivity index (χ1v) is 6.30. The Kier molecular flexibility index (Phi) is 3.84. The van der Waals surface area contributed by atoms with Crippen LogP contribution in [0.1, 0.15) is 16.8 Å². The lowest BCUT2D eigenvalue weighted by Crippen LogP contribution is -2.36. The first-order valence-electron chi connectivity index (χ1n) is 5.13. The van der Waals surface area contributed by atoms with Crippen LogP contribution in [-0.2, 0) is 0 Å². The van der Waals surface area contributed by atoms with E-state index in [1.54, 1.807) is 18.2 Å². The summed E-state index contributed by atoms with van der Waals surface area (Å²) in [6.07, 6.45) is 0.976. The Morgan fingerprint density at radius 1 is 1.56 bits per heavy atom. The van der Waals surface area contributed by atoms with Crippen LogP contribution in [0, 0.1) is 0 Å². The van der Waals surface area contributed by atoms with Crippen molar-refractivity contribution in [3.8, 4) is 0 Å². The van der Waals surface area contributed by atoms with Gasteiger partial charge in [0.15, 0.2) is 0 Å². The standard InChI is InChI=1S/C11H12BrClN2O/c12-10-2-1-7(13)5-9(10)11(16)15-8-3-4-14-6-8/h1-2,5,8,14H,3-4,6H2,(H,15,16). The largest absolute Gasteiger partial charge is 0.348 e. The molecule has 2 N–H and O–H groups in total. The molecule has 1 heterocycles. The number of amides is 1. The summed E-state index contributed by atoms with van der Waals surface area (Å²) in [5.41, 5.74) is 0.583. The topological polar surface area (TPSA) is 41.1 Å². The summed E-state index contributed by atoms with van der Waals surface area (Å²) in [6, 6.07) is 5.42. The SMILES string of the molecule is O=C(NC1CCNC1)c1cc(Cl)ccc1Br. The average molecular weight is 304 g/mol. The summed E-state index contributed by atoms with van der Waals surface area (Å²) < 4.78 is 0.764. The van der Waals surface area contributed by atoms with Crippen molar-refractivity contribution in [3.05, 3.63) is 33.3 Å². The molecule has 0 saturated carbocycles. The molecule has 1 aliphatic rings. The van der Waals surface area contributed by atoms with E-state index in [1.807, 2.05) is 0 Å². The molecular formula is C11H12BrClN2O. The number of nitrogens with one attached hydrogen (secondary N) is 2. The van der Waals surface area contributed by atoms with Crippen molar-refractivity contribution in [1.82, 2.24) is 10.6 Å². The minimum atomic E-state index is -0.0805. The van der Waals surface area contributed by atoms with E-state index < -0.39 is 0 Å². The summed E-state index contributed by atoms with van der Waals surface area (Å²) in [4.78, 5) is 11.9. The summed E-state index contributed by atoms with van der Waals surface area (Å²) in [5, 5.41) is 6.74. The highest BCUT2D eigenvalue weighted by molar-refractivity contribution is 9.10. The summed E-state index contributed by atoms with van der Waals surface area (Å²) in [5.74, 6) is -0.0805. The molecule has 0 aromatic heterocycles. The van der Waals surface area contributed by atoms with Crippen LogP contribution in [0.3, 0.4) is 0 Å². The van der Waals surface area contributed by atoms with Gasteiger partial charge in [0, 0.05) is 22.1 Å². The second-order valence-corrected chi connectivity index (χ2v) is 5.08. The van der Waals surface area contributed by atoms with E-state index in [0.717, 1.165) is 24.0 Å². The third-order valence-corrected chi connectivity index (χ3v) is 3.50. The third-order valence-electron chi connectivity index (χ3n) is 2.57. The zero-order valence-corrected chi connectivity index (χ0v) is 10.9. The molecule has 1 fully saturated rings. The summed E-state index contributed by atoms with van der Waals surface area (Å²) in [7, 11) is 0. The van der Waals surface area contributed by atoms with Crippen LogP contribution < -0.4 is 10.6 Å². The zero-order valence-electron chi connectivity index (χ0n) is 8.59. The third kappa shape index (κ3) is 2.75. The monoisotopic (exact) mass is 302 g/mol. The minimum absolute atomic E-state index is 0.0805. The first kappa shape index (κ1) is 11.9. The average Bonchev–Trinajstić information content (AvgIpc) is 2.74. The smallest absolute Gasteiger partial charge is 0.252 e. The number of carbonyl (C=O) groups is 1. The molecule has 1 aromatic carbocycles. The molecule has 3 nitrogen and oxygen atoms in total. The van der Waals surface area contributed by atoms with E-state index in [2.05, 4.69) is 26.6 Å². The second-order valence-electron chi connectivity index (χ2n) is 3.79. The summed E-state index contributed by atoms with van der Waals surface area (Å²) in [6.45, 7) is 1.80. The van der Waals surface area contributed by atoms with Crippen LogP contribution in [0.5, 0.6) is 0 Å². The molecule has 1 atom stereocenters. The Labute approximate surface area is 108 Å². The van der Waals surface area contributed by atoms with Crippen molar-refractivity contribution in [2.45, 2.75) is 12.5 Å². The maximum atomic E-state index is 11.9. The van der Waals surface area contributed by atoms with Gasteiger partial charge in [0.1, 0.15) is 0 Å². The molecule has 1 aliphatic heterocycles. The molecule has 16 heavy (non-hydrogen) atoms. The molecule has 1 unspecified atom stereocenters. The lowest BCUT2D eigenvalue weighted by molar-refractivity contribution is 0.0939. The number of rotatable bonds is 2. The van der Waals surface area contributed by atoms with E-state index >= 15 is 0 Å². The Balaban J connectivity index is 2.10. The highest BCUT2D eigenvalue weighted by atomic mass is 79.9. The van der Waals surface area contributed by atoms with Crippen molar-refractivity contribution in [2.75, 3.05) is 13.1 Å². The predicted octanol–water partition coefficient (Wildman–Crippen LogP) is 2.19. The van der Waals surface area contributed by atoms with E-state index in [-0.39, 0.29) is 11.9 Å². The zero-order chi connectivity index (χ0) is 11.5. The van der Waals surface area contributed by atoms with E-state index in [9.17, 15) is 4.79 Å². The van der Waals surface area contributed by atoms with Gasteiger partial charge in [-0.1, -0.05) is 11.6 Å². The molecule has 2 rings (SSSR count). The van der Waals surface area contributed by atoms with Crippen LogP contribution in [-0.4, -0.2) is 25.0 Å². The molecule has 5 heteroatoms. The van der Waals surface area contributed by atoms with Crippen molar-refractivity contribution in [1.29, 1.82) is 0 Å². The Bertz CT molecular complexity index is 405. The van der Waals surface area contributed by atoms with E-state index in [0.29, 0.717) is 10.6 Å². The summed E-state index contributed by atoms with van der Waals surface area (Å²) >= 11 is 9.21. The number of hydrogen-bond acceptors (Lipinski definition) is 2. The van der Waals surface area contributed by atoms with Gasteiger partial charge in [0.25, 0.3) is 5.91 Å². The molecule has 1 amide bonds. The fraction of sp³-hybridized carbons (Fsp3) is 0.364. The normalized spacial score (nSPS) is 19.8. The number of carbonyl (C=O) groups excluding carboxylic acids is 1. The maximum absolute atomic E-state index is 11.9. The highest BCUT2D eigenvalue weighted by Crippen LogP contribution is 2.21. The first-order chi connectivity index (χ1) is 7.66. The van der Waals surface area contributed by atoms with E-state index in [1.165, 1.54) is 0 Å². The van der Waals surface area contributed by atoms with Crippen molar-refractivity contribution >= 4 is 33.4 Å². The van der Waals surface area contributed by atoms with Gasteiger partial charge in [-0.05, 0) is 47.1 Å². The van der Waals surface area contributed by atoms with Crippen LogP contribution in [0.25, 0.3) is 0 Å². The van der Waals surface area contributed by atoms with Crippen LogP contribution in [0.15, 0.2) is 22.7 Å². The second kappa shape index (κ2) is 5.17. The van der Waals surface area contributed by atoms with Crippen LogP contribution in [0.4, 0.5) is 0 Å². The maximum Gasteiger partial charge on any atom is 0.252 e. The van der Waals surface area contributed by atoms with Crippen LogP contribution in [0.2, 0.25) is 5.02 Å². The van der Waals surface area contributed by atoms with Gasteiger partial charge in [-0.25, -0.2) is 0 Å². The van der Waals surface area contributed by atoms with Crippen molar-refractivity contribution < 1.29 is 4.79 Å². The predicted molar refractivity (Wildman–Crippen MR) is 67.9 cm³/mol. The Morgan fingerprint density at radius 2 is 2.38 bits per heavy atom. The van der Waals surface area contributed by atoms with Gasteiger partial charge in [0.05, 0.1) is 5.56 Å². The molecule has 86 valence electrons. The molecule has 1 aromatic rings. The fourth-order valence-electron chi connectivity index (χ4n) is 1.71. The van der Waals surface area contributed by atoms with Gasteiger partial charge in [0.2, 0.25) is 0 Å². The van der Waals surface area contributed by atoms with Gasteiger partial charge < -0.3 is 10.6 Å². The molecule has 0 bridgehead atoms. The minimum Gasteiger partial charge on any atom is -0.348 e. The molecule has 0 radical (unpaired) electrons. The molecular weight excluding hydrogens is 291 g/mol. The highest BCUT2D eigenvalue weighted by Gasteiger charge is 2.18. The number of hydrogen-bond donors (Lipinski definition) is 2. The van der Waals surface area contributed by atoms with E-state index in [4.69, 9.17) is 11.6 Å². The van der Waals surface area contributed by atoms with Gasteiger partial charge >= 0.3 is 0 Å². The fourth-order valence-corrected chi connectivity index (χ4v) is 2.31. The van der Waals surface area contributed by atoms with Gasteiger partial charge in [-0.2, -0.15) is 0 Å². The Hall–Kier alpha value is -0.580. The van der Waals surface area contributed by atoms with Gasteiger partial charge in [-0.3, -0.25) is 4.79 Å². The molecule has 1 saturated heterocycles. The van der Waals surface area contributed by atoms with Crippen molar-refractivity contribution in [2.24, 2.45) is 0 Å². The quantitative estimate of drug-likeness (QED) is 0.879. The van der Waals surface area contributed by atoms with Crippen LogP contribution >= 0.6 is 27.5 Å². The van der Waals surface area contributed by atoms with Gasteiger partial charge in [-0.15, -0.1) is 0 Å².